The fourth-order valence-electron chi connectivity index (χ4n) is 5.01. The quantitative estimate of drug-likeness (QED) is 0.325. The molecule has 1 aromatic carbocycles. The summed E-state index contributed by atoms with van der Waals surface area (Å²) in [4.78, 5) is 0. The van der Waals surface area contributed by atoms with Gasteiger partial charge in [-0.15, -0.1) is 0 Å². The van der Waals surface area contributed by atoms with E-state index >= 15 is 0 Å². The van der Waals surface area contributed by atoms with Crippen molar-refractivity contribution < 1.29 is 13.5 Å². The van der Waals surface area contributed by atoms with Gasteiger partial charge >= 0.3 is 0 Å². The molecule has 0 bridgehead atoms. The van der Waals surface area contributed by atoms with E-state index in [2.05, 4.69) is 13.0 Å². The van der Waals surface area contributed by atoms with E-state index in [1.807, 2.05) is 0 Å². The lowest BCUT2D eigenvalue weighted by molar-refractivity contribution is 0.183. The molecule has 0 heterocycles. The highest BCUT2D eigenvalue weighted by molar-refractivity contribution is 5.30. The summed E-state index contributed by atoms with van der Waals surface area (Å²) >= 11 is 0. The maximum Gasteiger partial charge on any atom is 0.200 e. The Kier molecular flexibility index (Phi) is 7.93. The SMILES string of the molecule is CCCCCC1CCC(C2CC=C(COc3ccc(C)c(F)c3F)CC2)CC1. The number of hydrogen-bond acceptors (Lipinski definition) is 1. The molecular weight excluding hydrogens is 354 g/mol. The molecule has 1 unspecified atom stereocenters. The lowest BCUT2D eigenvalue weighted by Gasteiger charge is -2.35. The lowest BCUT2D eigenvalue weighted by Crippen LogP contribution is -2.24. The predicted octanol–water partition coefficient (Wildman–Crippen LogP) is 7.77. The molecule has 0 saturated heterocycles. The number of halogens is 2. The first-order valence-electron chi connectivity index (χ1n) is 11.3. The second kappa shape index (κ2) is 10.4. The Balaban J connectivity index is 1.42. The van der Waals surface area contributed by atoms with Gasteiger partial charge in [-0.25, -0.2) is 4.39 Å². The fraction of sp³-hybridized carbons (Fsp3) is 0.680. The topological polar surface area (TPSA) is 9.23 Å². The highest BCUT2D eigenvalue weighted by Crippen LogP contribution is 2.40. The highest BCUT2D eigenvalue weighted by atomic mass is 19.2. The molecule has 0 radical (unpaired) electrons. The Hall–Kier alpha value is -1.38. The van der Waals surface area contributed by atoms with Gasteiger partial charge in [-0.3, -0.25) is 0 Å². The molecule has 0 spiro atoms. The first-order valence-corrected chi connectivity index (χ1v) is 11.3. The molecule has 1 aromatic rings. The second-order valence-electron chi connectivity index (χ2n) is 8.97. The Morgan fingerprint density at radius 2 is 1.75 bits per heavy atom. The molecule has 0 amide bonds. The minimum Gasteiger partial charge on any atom is -0.486 e. The van der Waals surface area contributed by atoms with E-state index in [0.29, 0.717) is 12.2 Å². The van der Waals surface area contributed by atoms with Crippen molar-refractivity contribution in [3.8, 4) is 5.75 Å². The third-order valence-corrected chi connectivity index (χ3v) is 6.97. The van der Waals surface area contributed by atoms with Crippen LogP contribution in [0.4, 0.5) is 8.78 Å². The molecule has 1 fully saturated rings. The van der Waals surface area contributed by atoms with Crippen LogP contribution in [0.1, 0.15) is 83.1 Å². The monoisotopic (exact) mass is 390 g/mol. The number of hydrogen-bond donors (Lipinski definition) is 0. The van der Waals surface area contributed by atoms with E-state index in [4.69, 9.17) is 4.74 Å². The number of benzene rings is 1. The summed E-state index contributed by atoms with van der Waals surface area (Å²) in [5.41, 5.74) is 1.54. The molecule has 0 aliphatic heterocycles. The van der Waals surface area contributed by atoms with Crippen LogP contribution in [0.25, 0.3) is 0 Å². The predicted molar refractivity (Wildman–Crippen MR) is 112 cm³/mol. The number of unbranched alkanes of at least 4 members (excludes halogenated alkanes) is 2. The maximum absolute atomic E-state index is 13.9. The standard InChI is InChI=1S/C25H36F2O/c1-3-4-5-6-19-8-12-21(13-9-19)22-14-10-20(11-15-22)17-28-23-16-7-18(2)24(26)25(23)27/h7,10,16,19,21-22H,3-6,8-9,11-15,17H2,1-2H3. The molecule has 1 atom stereocenters. The fourth-order valence-corrected chi connectivity index (χ4v) is 5.01. The summed E-state index contributed by atoms with van der Waals surface area (Å²) < 4.78 is 33.2. The molecule has 2 aliphatic carbocycles. The van der Waals surface area contributed by atoms with E-state index in [-0.39, 0.29) is 5.75 Å². The Morgan fingerprint density at radius 1 is 0.964 bits per heavy atom. The van der Waals surface area contributed by atoms with E-state index in [9.17, 15) is 8.78 Å². The number of rotatable bonds is 8. The van der Waals surface area contributed by atoms with Crippen molar-refractivity contribution >= 4 is 0 Å². The van der Waals surface area contributed by atoms with Crippen molar-refractivity contribution in [2.45, 2.75) is 84.5 Å². The first kappa shape index (κ1) is 21.3. The van der Waals surface area contributed by atoms with Gasteiger partial charge in [0.2, 0.25) is 5.82 Å². The molecule has 1 saturated carbocycles. The zero-order valence-electron chi connectivity index (χ0n) is 17.6. The normalized spacial score (nSPS) is 25.4. The molecule has 0 aromatic heterocycles. The van der Waals surface area contributed by atoms with Gasteiger partial charge in [0.15, 0.2) is 11.6 Å². The molecule has 1 nitrogen and oxygen atoms in total. The highest BCUT2D eigenvalue weighted by Gasteiger charge is 2.28. The van der Waals surface area contributed by atoms with Gasteiger partial charge in [-0.2, -0.15) is 4.39 Å². The number of ether oxygens (including phenoxy) is 1. The molecule has 3 heteroatoms. The maximum atomic E-state index is 13.9. The molecule has 3 rings (SSSR count). The van der Waals surface area contributed by atoms with Gasteiger partial charge in [-0.05, 0) is 74.0 Å². The lowest BCUT2D eigenvalue weighted by atomic mass is 9.70. The Bertz CT molecular complexity index is 659. The van der Waals surface area contributed by atoms with Gasteiger partial charge in [0.1, 0.15) is 6.61 Å². The average Bonchev–Trinajstić information content (AvgIpc) is 2.73. The van der Waals surface area contributed by atoms with E-state index in [1.54, 1.807) is 13.0 Å². The van der Waals surface area contributed by atoms with Gasteiger partial charge in [0.05, 0.1) is 0 Å². The third kappa shape index (κ3) is 5.58. The van der Waals surface area contributed by atoms with Gasteiger partial charge in [0, 0.05) is 0 Å². The van der Waals surface area contributed by atoms with Crippen molar-refractivity contribution in [1.29, 1.82) is 0 Å². The summed E-state index contributed by atoms with van der Waals surface area (Å²) in [7, 11) is 0. The second-order valence-corrected chi connectivity index (χ2v) is 8.97. The van der Waals surface area contributed by atoms with Crippen molar-refractivity contribution in [1.82, 2.24) is 0 Å². The summed E-state index contributed by atoms with van der Waals surface area (Å²) in [6, 6.07) is 3.09. The van der Waals surface area contributed by atoms with Gasteiger partial charge < -0.3 is 4.74 Å². The molecule has 28 heavy (non-hydrogen) atoms. The van der Waals surface area contributed by atoms with Crippen LogP contribution in [0.5, 0.6) is 5.75 Å². The van der Waals surface area contributed by atoms with Crippen LogP contribution >= 0.6 is 0 Å². The first-order chi connectivity index (χ1) is 13.6. The van der Waals surface area contributed by atoms with Crippen molar-refractivity contribution in [2.24, 2.45) is 17.8 Å². The molecule has 0 N–H and O–H groups in total. The van der Waals surface area contributed by atoms with Crippen LogP contribution in [0, 0.1) is 36.3 Å². The van der Waals surface area contributed by atoms with E-state index < -0.39 is 11.6 Å². The van der Waals surface area contributed by atoms with Gasteiger partial charge in [-0.1, -0.05) is 57.6 Å². The number of allylic oxidation sites excluding steroid dienone is 1. The molecule has 2 aliphatic rings. The zero-order chi connectivity index (χ0) is 19.9. The Labute approximate surface area is 169 Å². The number of aryl methyl sites for hydroxylation is 1. The zero-order valence-corrected chi connectivity index (χ0v) is 17.6. The summed E-state index contributed by atoms with van der Waals surface area (Å²) in [6.07, 6.45) is 16.8. The van der Waals surface area contributed by atoms with Crippen LogP contribution in [0.15, 0.2) is 23.8 Å². The van der Waals surface area contributed by atoms with Crippen molar-refractivity contribution in [3.63, 3.8) is 0 Å². The minimum absolute atomic E-state index is 0.0209. The van der Waals surface area contributed by atoms with Crippen LogP contribution in [-0.4, -0.2) is 6.61 Å². The van der Waals surface area contributed by atoms with Crippen molar-refractivity contribution in [3.05, 3.63) is 41.0 Å². The smallest absolute Gasteiger partial charge is 0.200 e. The Morgan fingerprint density at radius 3 is 2.43 bits per heavy atom. The van der Waals surface area contributed by atoms with Crippen molar-refractivity contribution in [2.75, 3.05) is 6.61 Å². The van der Waals surface area contributed by atoms with Crippen LogP contribution in [0.2, 0.25) is 0 Å². The third-order valence-electron chi connectivity index (χ3n) is 6.97. The molecular formula is C25H36F2O. The van der Waals surface area contributed by atoms with Crippen LogP contribution in [0.3, 0.4) is 0 Å². The van der Waals surface area contributed by atoms with E-state index in [1.165, 1.54) is 69.4 Å². The van der Waals surface area contributed by atoms with Crippen LogP contribution < -0.4 is 4.74 Å². The summed E-state index contributed by atoms with van der Waals surface area (Å²) in [6.45, 7) is 4.21. The largest absolute Gasteiger partial charge is 0.486 e. The minimum atomic E-state index is -0.870. The molecule has 156 valence electrons. The summed E-state index contributed by atoms with van der Waals surface area (Å²) in [5, 5.41) is 0. The summed E-state index contributed by atoms with van der Waals surface area (Å²) in [5.74, 6) is 0.993. The van der Waals surface area contributed by atoms with E-state index in [0.717, 1.165) is 30.6 Å². The van der Waals surface area contributed by atoms with Crippen LogP contribution in [-0.2, 0) is 0 Å². The average molecular weight is 391 g/mol. The van der Waals surface area contributed by atoms with Gasteiger partial charge in [0.25, 0.3) is 0 Å².